The molecule has 4 rings (SSSR count). The van der Waals surface area contributed by atoms with Crippen LogP contribution < -0.4 is 4.72 Å². The highest BCUT2D eigenvalue weighted by atomic mass is 32.2. The quantitative estimate of drug-likeness (QED) is 0.544. The molecule has 1 fully saturated rings. The second-order valence-corrected chi connectivity index (χ2v) is 11.0. The van der Waals surface area contributed by atoms with Gasteiger partial charge in [-0.3, -0.25) is 9.88 Å². The van der Waals surface area contributed by atoms with Crippen LogP contribution in [0.25, 0.3) is 22.2 Å². The molecular formula is C23H30N4O3S. The number of H-pyrrole nitrogens is 1. The van der Waals surface area contributed by atoms with Crippen LogP contribution in [-0.2, 0) is 16.6 Å². The predicted molar refractivity (Wildman–Crippen MR) is 122 cm³/mol. The van der Waals surface area contributed by atoms with Crippen LogP contribution in [-0.4, -0.2) is 53.1 Å². The lowest BCUT2D eigenvalue weighted by Crippen LogP contribution is -2.40. The predicted octanol–water partition coefficient (Wildman–Crippen LogP) is 3.26. The Balaban J connectivity index is 1.60. The topological polar surface area (TPSA) is 98.3 Å². The van der Waals surface area contributed by atoms with Crippen molar-refractivity contribution in [3.8, 4) is 11.3 Å². The molecule has 166 valence electrons. The van der Waals surface area contributed by atoms with Crippen LogP contribution in [0.5, 0.6) is 0 Å². The van der Waals surface area contributed by atoms with E-state index in [0.29, 0.717) is 0 Å². The molecule has 8 heteroatoms. The van der Waals surface area contributed by atoms with E-state index in [1.165, 1.54) is 0 Å². The van der Waals surface area contributed by atoms with Gasteiger partial charge in [-0.25, -0.2) is 13.1 Å². The average Bonchev–Trinajstić information content (AvgIpc) is 3.31. The number of likely N-dealkylation sites (tertiary alicyclic amines) is 1. The van der Waals surface area contributed by atoms with Gasteiger partial charge < -0.3 is 10.1 Å². The molecule has 0 amide bonds. The normalized spacial score (nSPS) is 18.1. The SMILES string of the molecule is CC(C)(C)NS(=O)(=O)c1cccc(-c2cc3cc(CN4CCC[C@@H]4CO)[nH]c3cn2)c1. The number of nitrogens with one attached hydrogen (secondary N) is 2. The first-order chi connectivity index (χ1) is 14.6. The number of aliphatic hydroxyl groups is 1. The largest absolute Gasteiger partial charge is 0.395 e. The van der Waals surface area contributed by atoms with Crippen LogP contribution in [0.1, 0.15) is 39.3 Å². The van der Waals surface area contributed by atoms with Crippen molar-refractivity contribution in [1.29, 1.82) is 0 Å². The van der Waals surface area contributed by atoms with E-state index < -0.39 is 15.6 Å². The molecule has 1 aliphatic rings. The number of sulfonamides is 1. The van der Waals surface area contributed by atoms with E-state index in [1.807, 2.05) is 32.9 Å². The van der Waals surface area contributed by atoms with E-state index in [1.54, 1.807) is 24.4 Å². The van der Waals surface area contributed by atoms with Gasteiger partial charge in [-0.2, -0.15) is 0 Å². The fourth-order valence-electron chi connectivity index (χ4n) is 4.15. The number of hydrogen-bond donors (Lipinski definition) is 3. The smallest absolute Gasteiger partial charge is 0.241 e. The summed E-state index contributed by atoms with van der Waals surface area (Å²) in [5.41, 5.74) is 2.94. The van der Waals surface area contributed by atoms with E-state index in [2.05, 4.69) is 25.7 Å². The van der Waals surface area contributed by atoms with Gasteiger partial charge in [0.2, 0.25) is 10.0 Å². The molecular weight excluding hydrogens is 412 g/mol. The summed E-state index contributed by atoms with van der Waals surface area (Å²) in [7, 11) is -3.62. The lowest BCUT2D eigenvalue weighted by Gasteiger charge is -2.21. The number of benzene rings is 1. The number of aromatic nitrogens is 2. The standard InChI is InChI=1S/C23H30N4O3S/c1-23(2,3)26-31(29,30)20-8-4-6-16(11-20)21-12-17-10-18(25-22(17)13-24-21)14-27-9-5-7-19(27)15-28/h4,6,8,10-13,19,25-26,28H,5,7,9,14-15H2,1-3H3/t19-/m1/s1. The molecule has 1 aromatic carbocycles. The van der Waals surface area contributed by atoms with Crippen molar-refractivity contribution < 1.29 is 13.5 Å². The van der Waals surface area contributed by atoms with Gasteiger partial charge in [0.1, 0.15) is 0 Å². The molecule has 31 heavy (non-hydrogen) atoms. The number of aromatic amines is 1. The molecule has 3 N–H and O–H groups in total. The number of pyridine rings is 1. The Morgan fingerprint density at radius 2 is 2.06 bits per heavy atom. The summed E-state index contributed by atoms with van der Waals surface area (Å²) in [6.07, 6.45) is 3.93. The van der Waals surface area contributed by atoms with Crippen molar-refractivity contribution >= 4 is 20.9 Å². The lowest BCUT2D eigenvalue weighted by atomic mass is 10.1. The maximum atomic E-state index is 12.7. The van der Waals surface area contributed by atoms with Crippen molar-refractivity contribution in [3.05, 3.63) is 48.3 Å². The first kappa shape index (κ1) is 22.0. The maximum absolute atomic E-state index is 12.7. The van der Waals surface area contributed by atoms with Gasteiger partial charge in [0.15, 0.2) is 0 Å². The third kappa shape index (κ3) is 4.98. The Hall–Kier alpha value is -2.26. The van der Waals surface area contributed by atoms with Crippen molar-refractivity contribution in [3.63, 3.8) is 0 Å². The summed E-state index contributed by atoms with van der Waals surface area (Å²) in [6, 6.07) is 11.2. The summed E-state index contributed by atoms with van der Waals surface area (Å²) in [5, 5.41) is 10.6. The molecule has 0 unspecified atom stereocenters. The summed E-state index contributed by atoms with van der Waals surface area (Å²) in [4.78, 5) is 10.5. The Labute approximate surface area is 183 Å². The van der Waals surface area contributed by atoms with Crippen molar-refractivity contribution in [2.45, 2.75) is 56.6 Å². The monoisotopic (exact) mass is 442 g/mol. The minimum absolute atomic E-state index is 0.190. The summed E-state index contributed by atoms with van der Waals surface area (Å²) < 4.78 is 28.1. The van der Waals surface area contributed by atoms with Gasteiger partial charge in [0.25, 0.3) is 0 Å². The first-order valence-corrected chi connectivity index (χ1v) is 12.1. The van der Waals surface area contributed by atoms with Crippen LogP contribution in [0.4, 0.5) is 0 Å². The Kier molecular flexibility index (Phi) is 5.91. The molecule has 1 saturated heterocycles. The fraction of sp³-hybridized carbons (Fsp3) is 0.435. The molecule has 3 aromatic rings. The van der Waals surface area contributed by atoms with Crippen LogP contribution in [0.3, 0.4) is 0 Å². The van der Waals surface area contributed by atoms with Gasteiger partial charge in [0.05, 0.1) is 28.9 Å². The third-order valence-electron chi connectivity index (χ3n) is 5.52. The zero-order valence-corrected chi connectivity index (χ0v) is 19.0. The van der Waals surface area contributed by atoms with E-state index in [-0.39, 0.29) is 17.5 Å². The molecule has 0 radical (unpaired) electrons. The number of fused-ring (bicyclic) bond motifs is 1. The first-order valence-electron chi connectivity index (χ1n) is 10.6. The number of hydrogen-bond acceptors (Lipinski definition) is 5. The van der Waals surface area contributed by atoms with Gasteiger partial charge in [-0.1, -0.05) is 12.1 Å². The third-order valence-corrected chi connectivity index (χ3v) is 7.28. The highest BCUT2D eigenvalue weighted by Gasteiger charge is 2.24. The van der Waals surface area contributed by atoms with E-state index >= 15 is 0 Å². The molecule has 1 aliphatic heterocycles. The van der Waals surface area contributed by atoms with E-state index in [0.717, 1.165) is 53.8 Å². The molecule has 3 heterocycles. The minimum Gasteiger partial charge on any atom is -0.395 e. The maximum Gasteiger partial charge on any atom is 0.241 e. The highest BCUT2D eigenvalue weighted by Crippen LogP contribution is 2.26. The van der Waals surface area contributed by atoms with E-state index in [9.17, 15) is 13.5 Å². The molecule has 0 bridgehead atoms. The second-order valence-electron chi connectivity index (χ2n) is 9.28. The molecule has 1 atom stereocenters. The fourth-order valence-corrected chi connectivity index (χ4v) is 5.61. The average molecular weight is 443 g/mol. The van der Waals surface area contributed by atoms with Gasteiger partial charge in [-0.05, 0) is 64.4 Å². The van der Waals surface area contributed by atoms with Gasteiger partial charge in [0, 0.05) is 34.8 Å². The van der Waals surface area contributed by atoms with Crippen LogP contribution in [0.15, 0.2) is 47.5 Å². The minimum atomic E-state index is -3.62. The van der Waals surface area contributed by atoms with Crippen molar-refractivity contribution in [1.82, 2.24) is 19.6 Å². The highest BCUT2D eigenvalue weighted by molar-refractivity contribution is 7.89. The second kappa shape index (κ2) is 8.35. The summed E-state index contributed by atoms with van der Waals surface area (Å²) >= 11 is 0. The zero-order chi connectivity index (χ0) is 22.2. The van der Waals surface area contributed by atoms with Crippen LogP contribution in [0.2, 0.25) is 0 Å². The van der Waals surface area contributed by atoms with Crippen molar-refractivity contribution in [2.24, 2.45) is 0 Å². The molecule has 0 spiro atoms. The lowest BCUT2D eigenvalue weighted by molar-refractivity contribution is 0.152. The van der Waals surface area contributed by atoms with Crippen LogP contribution >= 0.6 is 0 Å². The summed E-state index contributed by atoms with van der Waals surface area (Å²) in [5.74, 6) is 0. The van der Waals surface area contributed by atoms with Crippen LogP contribution in [0, 0.1) is 0 Å². The number of aliphatic hydroxyl groups excluding tert-OH is 1. The van der Waals surface area contributed by atoms with Gasteiger partial charge in [-0.15, -0.1) is 0 Å². The van der Waals surface area contributed by atoms with Crippen molar-refractivity contribution in [2.75, 3.05) is 13.2 Å². The Morgan fingerprint density at radius 1 is 1.26 bits per heavy atom. The molecule has 7 nitrogen and oxygen atoms in total. The molecule has 0 saturated carbocycles. The Morgan fingerprint density at radius 3 is 2.81 bits per heavy atom. The zero-order valence-electron chi connectivity index (χ0n) is 18.2. The van der Waals surface area contributed by atoms with E-state index in [4.69, 9.17) is 0 Å². The van der Waals surface area contributed by atoms with Gasteiger partial charge >= 0.3 is 0 Å². The Bertz CT molecular complexity index is 1180. The molecule has 0 aliphatic carbocycles. The number of rotatable bonds is 6. The summed E-state index contributed by atoms with van der Waals surface area (Å²) in [6.45, 7) is 7.40. The molecule has 2 aromatic heterocycles. The number of nitrogens with zero attached hydrogens (tertiary/aromatic N) is 2.